The topological polar surface area (TPSA) is 46.3 Å². The van der Waals surface area contributed by atoms with E-state index in [-0.39, 0.29) is 0 Å². The molecular weight excluding hydrogens is 274 g/mol. The normalized spacial score (nSPS) is 12.7. The maximum atomic E-state index is 10.2. The number of aryl methyl sites for hydroxylation is 1. The van der Waals surface area contributed by atoms with Gasteiger partial charge in [0.05, 0.1) is 5.02 Å². The Morgan fingerprint density at radius 1 is 1.20 bits per heavy atom. The molecule has 2 heterocycles. The number of hydrogen-bond acceptors (Lipinski definition) is 3. The molecule has 102 valence electrons. The maximum Gasteiger partial charge on any atom is 0.152 e. The van der Waals surface area contributed by atoms with E-state index in [2.05, 4.69) is 4.98 Å². The number of benzene rings is 1. The Labute approximate surface area is 121 Å². The summed E-state index contributed by atoms with van der Waals surface area (Å²) in [5.74, 6) is 0.545. The van der Waals surface area contributed by atoms with Crippen LogP contribution in [0.4, 0.5) is 0 Å². The van der Waals surface area contributed by atoms with Crippen molar-refractivity contribution in [2.45, 2.75) is 18.9 Å². The number of fused-ring (bicyclic) bond motifs is 1. The number of hydrogen-bond donors (Lipinski definition) is 1. The van der Waals surface area contributed by atoms with Crippen LogP contribution in [-0.4, -0.2) is 10.1 Å². The van der Waals surface area contributed by atoms with E-state index >= 15 is 0 Å². The van der Waals surface area contributed by atoms with Crippen molar-refractivity contribution in [3.05, 3.63) is 65.1 Å². The fraction of sp³-hybridized carbons (Fsp3) is 0.188. The number of aromatic nitrogens is 1. The lowest BCUT2D eigenvalue weighted by Gasteiger charge is -2.06. The predicted octanol–water partition coefficient (Wildman–Crippen LogP) is 4.15. The Morgan fingerprint density at radius 3 is 2.85 bits per heavy atom. The third-order valence-electron chi connectivity index (χ3n) is 3.24. The van der Waals surface area contributed by atoms with Gasteiger partial charge in [-0.2, -0.15) is 0 Å². The van der Waals surface area contributed by atoms with Crippen molar-refractivity contribution in [1.29, 1.82) is 0 Å². The van der Waals surface area contributed by atoms with Crippen LogP contribution in [-0.2, 0) is 6.42 Å². The SMILES string of the molecule is OC(CCc1ccccn1)c1cc2cccc(Cl)c2o1. The van der Waals surface area contributed by atoms with E-state index in [1.807, 2.05) is 36.4 Å². The van der Waals surface area contributed by atoms with E-state index in [0.29, 0.717) is 29.2 Å². The summed E-state index contributed by atoms with van der Waals surface area (Å²) in [6, 6.07) is 13.2. The van der Waals surface area contributed by atoms with Crippen LogP contribution in [0.2, 0.25) is 5.02 Å². The number of para-hydroxylation sites is 1. The lowest BCUT2D eigenvalue weighted by atomic mass is 10.1. The van der Waals surface area contributed by atoms with Gasteiger partial charge in [0.15, 0.2) is 5.58 Å². The highest BCUT2D eigenvalue weighted by Gasteiger charge is 2.14. The van der Waals surface area contributed by atoms with Gasteiger partial charge in [-0.3, -0.25) is 4.98 Å². The average Bonchev–Trinajstić information content (AvgIpc) is 2.91. The zero-order chi connectivity index (χ0) is 13.9. The summed E-state index contributed by atoms with van der Waals surface area (Å²) in [6.07, 6.45) is 2.37. The van der Waals surface area contributed by atoms with Gasteiger partial charge in [-0.05, 0) is 37.1 Å². The van der Waals surface area contributed by atoms with E-state index in [9.17, 15) is 5.11 Å². The minimum absolute atomic E-state index is 0.545. The first kappa shape index (κ1) is 13.2. The number of furan rings is 1. The standard InChI is InChI=1S/C16H14ClNO2/c17-13-6-3-4-11-10-15(20-16(11)13)14(19)8-7-12-5-1-2-9-18-12/h1-6,9-10,14,19H,7-8H2. The van der Waals surface area contributed by atoms with Crippen molar-refractivity contribution in [3.63, 3.8) is 0 Å². The molecule has 1 atom stereocenters. The Hall–Kier alpha value is -1.84. The van der Waals surface area contributed by atoms with Crippen LogP contribution in [0.25, 0.3) is 11.0 Å². The van der Waals surface area contributed by atoms with Gasteiger partial charge in [-0.15, -0.1) is 0 Å². The molecule has 4 heteroatoms. The zero-order valence-electron chi connectivity index (χ0n) is 10.8. The summed E-state index contributed by atoms with van der Waals surface area (Å²) in [4.78, 5) is 4.24. The summed E-state index contributed by atoms with van der Waals surface area (Å²) in [5, 5.41) is 11.7. The van der Waals surface area contributed by atoms with Crippen molar-refractivity contribution >= 4 is 22.6 Å². The molecule has 0 saturated carbocycles. The van der Waals surface area contributed by atoms with E-state index in [4.69, 9.17) is 16.0 Å². The van der Waals surface area contributed by atoms with Crippen molar-refractivity contribution in [3.8, 4) is 0 Å². The van der Waals surface area contributed by atoms with Gasteiger partial charge in [0, 0.05) is 17.3 Å². The second-order valence-electron chi connectivity index (χ2n) is 4.68. The largest absolute Gasteiger partial charge is 0.457 e. The van der Waals surface area contributed by atoms with Gasteiger partial charge in [-0.25, -0.2) is 0 Å². The number of aliphatic hydroxyl groups is 1. The molecule has 2 aromatic heterocycles. The van der Waals surface area contributed by atoms with Crippen molar-refractivity contribution in [2.24, 2.45) is 0 Å². The molecule has 20 heavy (non-hydrogen) atoms. The Morgan fingerprint density at radius 2 is 2.10 bits per heavy atom. The molecular formula is C16H14ClNO2. The monoisotopic (exact) mass is 287 g/mol. The molecule has 0 spiro atoms. The molecule has 0 saturated heterocycles. The summed E-state index contributed by atoms with van der Waals surface area (Å²) in [6.45, 7) is 0. The highest BCUT2D eigenvalue weighted by Crippen LogP contribution is 2.30. The van der Waals surface area contributed by atoms with Gasteiger partial charge < -0.3 is 9.52 Å². The van der Waals surface area contributed by atoms with Crippen LogP contribution < -0.4 is 0 Å². The van der Waals surface area contributed by atoms with E-state index in [0.717, 1.165) is 11.1 Å². The van der Waals surface area contributed by atoms with Gasteiger partial charge in [0.2, 0.25) is 0 Å². The third kappa shape index (κ3) is 2.69. The summed E-state index contributed by atoms with van der Waals surface area (Å²) in [7, 11) is 0. The fourth-order valence-corrected chi connectivity index (χ4v) is 2.40. The molecule has 3 rings (SSSR count). The van der Waals surface area contributed by atoms with Gasteiger partial charge >= 0.3 is 0 Å². The first-order valence-electron chi connectivity index (χ1n) is 6.50. The van der Waals surface area contributed by atoms with Crippen molar-refractivity contribution in [2.75, 3.05) is 0 Å². The number of aliphatic hydroxyl groups excluding tert-OH is 1. The van der Waals surface area contributed by atoms with Crippen molar-refractivity contribution in [1.82, 2.24) is 4.98 Å². The molecule has 0 aliphatic rings. The minimum Gasteiger partial charge on any atom is -0.457 e. The molecule has 3 aromatic rings. The second-order valence-corrected chi connectivity index (χ2v) is 5.09. The lowest BCUT2D eigenvalue weighted by molar-refractivity contribution is 0.142. The van der Waals surface area contributed by atoms with Gasteiger partial charge in [0.1, 0.15) is 11.9 Å². The number of nitrogens with zero attached hydrogens (tertiary/aromatic N) is 1. The number of rotatable bonds is 4. The minimum atomic E-state index is -0.652. The van der Waals surface area contributed by atoms with Crippen LogP contribution in [0.3, 0.4) is 0 Å². The summed E-state index contributed by atoms with van der Waals surface area (Å²) < 4.78 is 5.65. The highest BCUT2D eigenvalue weighted by atomic mass is 35.5. The van der Waals surface area contributed by atoms with Crippen LogP contribution in [0.1, 0.15) is 24.0 Å². The Balaban J connectivity index is 1.75. The summed E-state index contributed by atoms with van der Waals surface area (Å²) >= 11 is 6.06. The van der Waals surface area contributed by atoms with Crippen LogP contribution in [0, 0.1) is 0 Å². The molecule has 0 fully saturated rings. The van der Waals surface area contributed by atoms with Crippen molar-refractivity contribution < 1.29 is 9.52 Å². The molecule has 0 amide bonds. The third-order valence-corrected chi connectivity index (χ3v) is 3.54. The van der Waals surface area contributed by atoms with E-state index in [1.165, 1.54) is 0 Å². The van der Waals surface area contributed by atoms with E-state index in [1.54, 1.807) is 12.3 Å². The van der Waals surface area contributed by atoms with Crippen LogP contribution >= 0.6 is 11.6 Å². The quantitative estimate of drug-likeness (QED) is 0.784. The van der Waals surface area contributed by atoms with Gasteiger partial charge in [-0.1, -0.05) is 29.8 Å². The Bertz CT molecular complexity index is 709. The fourth-order valence-electron chi connectivity index (χ4n) is 2.18. The smallest absolute Gasteiger partial charge is 0.152 e. The maximum absolute atomic E-state index is 10.2. The number of halogens is 1. The van der Waals surface area contributed by atoms with E-state index < -0.39 is 6.10 Å². The molecule has 0 bridgehead atoms. The van der Waals surface area contributed by atoms with Crippen LogP contribution in [0.15, 0.2) is 53.1 Å². The average molecular weight is 288 g/mol. The first-order chi connectivity index (χ1) is 9.74. The lowest BCUT2D eigenvalue weighted by Crippen LogP contribution is -1.99. The molecule has 0 aliphatic heterocycles. The molecule has 1 aromatic carbocycles. The second kappa shape index (κ2) is 5.65. The zero-order valence-corrected chi connectivity index (χ0v) is 11.5. The Kier molecular flexibility index (Phi) is 3.72. The molecule has 0 aliphatic carbocycles. The molecule has 3 nitrogen and oxygen atoms in total. The van der Waals surface area contributed by atoms with Gasteiger partial charge in [0.25, 0.3) is 0 Å². The molecule has 1 N–H and O–H groups in total. The first-order valence-corrected chi connectivity index (χ1v) is 6.88. The highest BCUT2D eigenvalue weighted by molar-refractivity contribution is 6.34. The predicted molar refractivity (Wildman–Crippen MR) is 78.7 cm³/mol. The summed E-state index contributed by atoms with van der Waals surface area (Å²) in [5.41, 5.74) is 1.58. The molecule has 1 unspecified atom stereocenters. The molecule has 0 radical (unpaired) electrons. The van der Waals surface area contributed by atoms with Crippen LogP contribution in [0.5, 0.6) is 0 Å². The number of pyridine rings is 1.